The van der Waals surface area contributed by atoms with E-state index >= 15 is 0 Å². The highest BCUT2D eigenvalue weighted by atomic mass is 32.2. The van der Waals surface area contributed by atoms with E-state index < -0.39 is 9.84 Å². The third-order valence-corrected chi connectivity index (χ3v) is 4.67. The Morgan fingerprint density at radius 2 is 1.90 bits per heavy atom. The van der Waals surface area contributed by atoms with Crippen LogP contribution in [-0.4, -0.2) is 62.0 Å². The Labute approximate surface area is 124 Å². The Hall–Kier alpha value is -1.44. The lowest BCUT2D eigenvalue weighted by Crippen LogP contribution is -2.38. The number of nitrogens with zero attached hydrogens (tertiary/aromatic N) is 3. The van der Waals surface area contributed by atoms with Crippen molar-refractivity contribution in [2.45, 2.75) is 11.7 Å². The topological polar surface area (TPSA) is 64.4 Å². The third kappa shape index (κ3) is 3.09. The first-order chi connectivity index (χ1) is 10.1. The number of benzene rings is 1. The predicted molar refractivity (Wildman–Crippen MR) is 80.1 cm³/mol. The van der Waals surface area contributed by atoms with E-state index in [0.29, 0.717) is 6.54 Å². The van der Waals surface area contributed by atoms with Crippen molar-refractivity contribution >= 4 is 20.9 Å². The summed E-state index contributed by atoms with van der Waals surface area (Å²) in [6.45, 7) is 4.67. The standard InChI is InChI=1S/C14H19N3O3S/c1-21(18,19)14-15-12-4-2-3-5-13(12)17(14)7-6-16-8-10-20-11-9-16/h2-5H,6-11H2,1H3. The number of fused-ring (bicyclic) bond motifs is 1. The highest BCUT2D eigenvalue weighted by Gasteiger charge is 2.20. The highest BCUT2D eigenvalue weighted by molar-refractivity contribution is 7.90. The lowest BCUT2D eigenvalue weighted by molar-refractivity contribution is 0.0362. The molecule has 0 atom stereocenters. The zero-order chi connectivity index (χ0) is 14.9. The van der Waals surface area contributed by atoms with Gasteiger partial charge in [0.25, 0.3) is 0 Å². The fraction of sp³-hybridized carbons (Fsp3) is 0.500. The second kappa shape index (κ2) is 5.75. The highest BCUT2D eigenvalue weighted by Crippen LogP contribution is 2.19. The van der Waals surface area contributed by atoms with E-state index in [1.54, 1.807) is 4.57 Å². The monoisotopic (exact) mass is 309 g/mol. The first-order valence-corrected chi connectivity index (χ1v) is 8.90. The molecule has 0 bridgehead atoms. The van der Waals surface area contributed by atoms with Crippen LogP contribution in [0, 0.1) is 0 Å². The molecule has 0 amide bonds. The maximum atomic E-state index is 12.0. The van der Waals surface area contributed by atoms with Crippen LogP contribution in [0.3, 0.4) is 0 Å². The van der Waals surface area contributed by atoms with Gasteiger partial charge in [-0.3, -0.25) is 4.90 Å². The van der Waals surface area contributed by atoms with Gasteiger partial charge < -0.3 is 9.30 Å². The van der Waals surface area contributed by atoms with Crippen molar-refractivity contribution in [1.29, 1.82) is 0 Å². The zero-order valence-electron chi connectivity index (χ0n) is 12.0. The minimum atomic E-state index is -3.34. The van der Waals surface area contributed by atoms with Gasteiger partial charge in [0.1, 0.15) is 0 Å². The maximum Gasteiger partial charge on any atom is 0.228 e. The molecular formula is C14H19N3O3S. The van der Waals surface area contributed by atoms with Crippen LogP contribution in [0.4, 0.5) is 0 Å². The number of hydrogen-bond acceptors (Lipinski definition) is 5. The summed E-state index contributed by atoms with van der Waals surface area (Å²) in [5.41, 5.74) is 1.59. The summed E-state index contributed by atoms with van der Waals surface area (Å²) in [5.74, 6) is 0. The fourth-order valence-electron chi connectivity index (χ4n) is 2.62. The number of ether oxygens (including phenoxy) is 1. The largest absolute Gasteiger partial charge is 0.379 e. The molecule has 0 unspecified atom stereocenters. The van der Waals surface area contributed by atoms with Crippen LogP contribution in [0.15, 0.2) is 29.4 Å². The number of hydrogen-bond donors (Lipinski definition) is 0. The number of imidazole rings is 1. The van der Waals surface area contributed by atoms with Crippen molar-refractivity contribution in [2.75, 3.05) is 39.1 Å². The third-order valence-electron chi connectivity index (χ3n) is 3.69. The summed E-state index contributed by atoms with van der Waals surface area (Å²) in [4.78, 5) is 6.56. The molecule has 114 valence electrons. The number of sulfone groups is 1. The van der Waals surface area contributed by atoms with Crippen molar-refractivity contribution in [3.8, 4) is 0 Å². The van der Waals surface area contributed by atoms with E-state index in [9.17, 15) is 8.42 Å². The van der Waals surface area contributed by atoms with E-state index in [1.165, 1.54) is 6.26 Å². The normalized spacial score (nSPS) is 17.4. The molecular weight excluding hydrogens is 290 g/mol. The Morgan fingerprint density at radius 1 is 1.19 bits per heavy atom. The smallest absolute Gasteiger partial charge is 0.228 e. The lowest BCUT2D eigenvalue weighted by Gasteiger charge is -2.26. The average Bonchev–Trinajstić information content (AvgIpc) is 2.85. The molecule has 1 aliphatic rings. The summed E-state index contributed by atoms with van der Waals surface area (Å²) in [6, 6.07) is 7.53. The fourth-order valence-corrected chi connectivity index (χ4v) is 3.47. The van der Waals surface area contributed by atoms with Gasteiger partial charge in [0, 0.05) is 32.4 Å². The van der Waals surface area contributed by atoms with Crippen molar-refractivity contribution in [2.24, 2.45) is 0 Å². The molecule has 1 aromatic heterocycles. The number of para-hydroxylation sites is 2. The molecule has 7 heteroatoms. The molecule has 0 N–H and O–H groups in total. The lowest BCUT2D eigenvalue weighted by atomic mass is 10.3. The maximum absolute atomic E-state index is 12.0. The van der Waals surface area contributed by atoms with Crippen molar-refractivity contribution < 1.29 is 13.2 Å². The van der Waals surface area contributed by atoms with Crippen molar-refractivity contribution in [3.05, 3.63) is 24.3 Å². The van der Waals surface area contributed by atoms with Gasteiger partial charge in [0.15, 0.2) is 0 Å². The van der Waals surface area contributed by atoms with Crippen molar-refractivity contribution in [1.82, 2.24) is 14.5 Å². The quantitative estimate of drug-likeness (QED) is 0.835. The molecule has 1 fully saturated rings. The van der Waals surface area contributed by atoms with Gasteiger partial charge in [-0.1, -0.05) is 12.1 Å². The second-order valence-electron chi connectivity index (χ2n) is 5.26. The SMILES string of the molecule is CS(=O)(=O)c1nc2ccccc2n1CCN1CCOCC1. The van der Waals surface area contributed by atoms with E-state index in [0.717, 1.165) is 43.9 Å². The number of morpholine rings is 1. The molecule has 1 saturated heterocycles. The molecule has 1 aliphatic heterocycles. The molecule has 0 saturated carbocycles. The van der Waals surface area contributed by atoms with Gasteiger partial charge in [0.05, 0.1) is 24.2 Å². The van der Waals surface area contributed by atoms with Crippen LogP contribution in [0.1, 0.15) is 0 Å². The Kier molecular flexibility index (Phi) is 3.97. The summed E-state index contributed by atoms with van der Waals surface area (Å²) < 4.78 is 31.0. The van der Waals surface area contributed by atoms with Crippen LogP contribution in [0.25, 0.3) is 11.0 Å². The molecule has 0 spiro atoms. The van der Waals surface area contributed by atoms with Gasteiger partial charge in [-0.05, 0) is 12.1 Å². The first-order valence-electron chi connectivity index (χ1n) is 7.01. The molecule has 0 radical (unpaired) electrons. The summed E-state index contributed by atoms with van der Waals surface area (Å²) in [7, 11) is -3.34. The van der Waals surface area contributed by atoms with Gasteiger partial charge in [0.2, 0.25) is 15.0 Å². The van der Waals surface area contributed by atoms with Crippen molar-refractivity contribution in [3.63, 3.8) is 0 Å². The van der Waals surface area contributed by atoms with E-state index in [1.807, 2.05) is 24.3 Å². The van der Waals surface area contributed by atoms with Crippen LogP contribution < -0.4 is 0 Å². The zero-order valence-corrected chi connectivity index (χ0v) is 12.8. The van der Waals surface area contributed by atoms with Crippen LogP contribution in [-0.2, 0) is 21.1 Å². The molecule has 6 nitrogen and oxygen atoms in total. The summed E-state index contributed by atoms with van der Waals surface area (Å²) >= 11 is 0. The average molecular weight is 309 g/mol. The molecule has 0 aliphatic carbocycles. The summed E-state index contributed by atoms with van der Waals surface area (Å²) in [5, 5.41) is 0.150. The number of rotatable bonds is 4. The van der Waals surface area contributed by atoms with Crippen LogP contribution in [0.2, 0.25) is 0 Å². The van der Waals surface area contributed by atoms with E-state index in [4.69, 9.17) is 4.74 Å². The van der Waals surface area contributed by atoms with Gasteiger partial charge in [-0.2, -0.15) is 0 Å². The van der Waals surface area contributed by atoms with Gasteiger partial charge >= 0.3 is 0 Å². The molecule has 21 heavy (non-hydrogen) atoms. The first kappa shape index (κ1) is 14.5. The van der Waals surface area contributed by atoms with Gasteiger partial charge in [-0.15, -0.1) is 0 Å². The molecule has 1 aromatic carbocycles. The number of aromatic nitrogens is 2. The Bertz CT molecular complexity index is 733. The van der Waals surface area contributed by atoms with Crippen LogP contribution in [0.5, 0.6) is 0 Å². The van der Waals surface area contributed by atoms with Crippen LogP contribution >= 0.6 is 0 Å². The van der Waals surface area contributed by atoms with E-state index in [-0.39, 0.29) is 5.16 Å². The van der Waals surface area contributed by atoms with E-state index in [2.05, 4.69) is 9.88 Å². The molecule has 2 heterocycles. The minimum absolute atomic E-state index is 0.150. The Morgan fingerprint density at radius 3 is 2.62 bits per heavy atom. The molecule has 3 rings (SSSR count). The summed E-state index contributed by atoms with van der Waals surface area (Å²) in [6.07, 6.45) is 1.21. The minimum Gasteiger partial charge on any atom is -0.379 e. The Balaban J connectivity index is 1.91. The van der Waals surface area contributed by atoms with Gasteiger partial charge in [-0.25, -0.2) is 13.4 Å². The molecule has 2 aromatic rings. The second-order valence-corrected chi connectivity index (χ2v) is 7.17. The predicted octanol–water partition coefficient (Wildman–Crippen LogP) is 0.772.